The lowest BCUT2D eigenvalue weighted by atomic mass is 10.0. The topological polar surface area (TPSA) is 20.2 Å². The van der Waals surface area contributed by atoms with Crippen LogP contribution in [0.1, 0.15) is 29.9 Å². The van der Waals surface area contributed by atoms with E-state index in [1.165, 1.54) is 12.8 Å². The van der Waals surface area contributed by atoms with Gasteiger partial charge in [-0.2, -0.15) is 0 Å². The smallest absolute Gasteiger partial charge is 0.119 e. The predicted molar refractivity (Wildman–Crippen MR) is 50.2 cm³/mol. The van der Waals surface area contributed by atoms with Crippen LogP contribution in [0.15, 0.2) is 24.8 Å². The van der Waals surface area contributed by atoms with Crippen LogP contribution < -0.4 is 0 Å². The molecule has 0 aliphatic heterocycles. The Hall–Kier alpha value is -1.24. The molecule has 1 nitrogen and oxygen atoms in total. The third kappa shape index (κ3) is 1.11. The monoisotopic (exact) mass is 160 g/mol. The Morgan fingerprint density at radius 2 is 2.17 bits per heavy atom. The minimum atomic E-state index is 0.426. The second kappa shape index (κ2) is 2.67. The highest BCUT2D eigenvalue weighted by Gasteiger charge is 2.27. The molecule has 1 aromatic carbocycles. The number of hydrogen-bond donors (Lipinski definition) is 1. The molecule has 1 aromatic rings. The molecular formula is C11H12O. The summed E-state index contributed by atoms with van der Waals surface area (Å²) in [5.41, 5.74) is 2.17. The van der Waals surface area contributed by atoms with Crippen molar-refractivity contribution in [1.29, 1.82) is 0 Å². The van der Waals surface area contributed by atoms with Crippen LogP contribution >= 0.6 is 0 Å². The van der Waals surface area contributed by atoms with Crippen molar-refractivity contribution in [2.75, 3.05) is 0 Å². The Morgan fingerprint density at radius 1 is 1.42 bits per heavy atom. The normalized spacial score (nSPS) is 16.0. The number of hydrogen-bond acceptors (Lipinski definition) is 1. The lowest BCUT2D eigenvalue weighted by Gasteiger charge is -2.05. The van der Waals surface area contributed by atoms with E-state index in [1.807, 2.05) is 18.2 Å². The quantitative estimate of drug-likeness (QED) is 0.705. The van der Waals surface area contributed by atoms with Gasteiger partial charge in [-0.3, -0.25) is 0 Å². The number of rotatable bonds is 2. The Labute approximate surface area is 72.4 Å². The van der Waals surface area contributed by atoms with E-state index in [2.05, 4.69) is 6.58 Å². The number of aromatic hydroxyl groups is 1. The summed E-state index contributed by atoms with van der Waals surface area (Å²) in [6, 6.07) is 5.61. The fourth-order valence-electron chi connectivity index (χ4n) is 1.57. The molecule has 1 fully saturated rings. The molecule has 1 aliphatic rings. The predicted octanol–water partition coefficient (Wildman–Crippen LogP) is 2.91. The second-order valence-corrected chi connectivity index (χ2v) is 3.26. The van der Waals surface area contributed by atoms with Gasteiger partial charge in [-0.25, -0.2) is 0 Å². The van der Waals surface area contributed by atoms with Crippen LogP contribution in [0.2, 0.25) is 0 Å². The van der Waals surface area contributed by atoms with Crippen molar-refractivity contribution in [2.45, 2.75) is 18.8 Å². The summed E-state index contributed by atoms with van der Waals surface area (Å²) < 4.78 is 0. The molecule has 0 radical (unpaired) electrons. The fraction of sp³-hybridized carbons (Fsp3) is 0.273. The molecule has 0 spiro atoms. The largest absolute Gasteiger partial charge is 0.508 e. The van der Waals surface area contributed by atoms with Crippen LogP contribution in [0, 0.1) is 0 Å². The van der Waals surface area contributed by atoms with Gasteiger partial charge in [0.2, 0.25) is 0 Å². The van der Waals surface area contributed by atoms with E-state index in [0.717, 1.165) is 11.1 Å². The van der Waals surface area contributed by atoms with Gasteiger partial charge in [-0.05, 0) is 30.4 Å². The first-order valence-electron chi connectivity index (χ1n) is 4.27. The molecule has 0 aromatic heterocycles. The summed E-state index contributed by atoms with van der Waals surface area (Å²) in [4.78, 5) is 0. The molecule has 0 atom stereocenters. The van der Waals surface area contributed by atoms with E-state index >= 15 is 0 Å². The van der Waals surface area contributed by atoms with Crippen LogP contribution in [-0.4, -0.2) is 5.11 Å². The van der Waals surface area contributed by atoms with Gasteiger partial charge in [0.1, 0.15) is 5.75 Å². The fourth-order valence-corrected chi connectivity index (χ4v) is 1.57. The molecule has 0 heterocycles. The molecule has 0 amide bonds. The molecule has 1 saturated carbocycles. The Kier molecular flexibility index (Phi) is 1.65. The Balaban J connectivity index is 2.52. The van der Waals surface area contributed by atoms with Gasteiger partial charge in [0.05, 0.1) is 0 Å². The van der Waals surface area contributed by atoms with Crippen molar-refractivity contribution >= 4 is 6.08 Å². The number of benzene rings is 1. The Bertz CT molecular complexity index is 311. The van der Waals surface area contributed by atoms with Gasteiger partial charge in [0.15, 0.2) is 0 Å². The summed E-state index contributed by atoms with van der Waals surface area (Å²) in [6.07, 6.45) is 4.23. The van der Waals surface area contributed by atoms with Gasteiger partial charge in [0.25, 0.3) is 0 Å². The minimum absolute atomic E-state index is 0.426. The molecule has 1 N–H and O–H groups in total. The van der Waals surface area contributed by atoms with E-state index in [1.54, 1.807) is 6.07 Å². The van der Waals surface area contributed by atoms with Gasteiger partial charge in [-0.1, -0.05) is 24.8 Å². The Morgan fingerprint density at radius 3 is 2.75 bits per heavy atom. The van der Waals surface area contributed by atoms with Crippen LogP contribution in [0.5, 0.6) is 5.75 Å². The van der Waals surface area contributed by atoms with Crippen LogP contribution in [-0.2, 0) is 0 Å². The standard InChI is InChI=1S/C11H12O/c1-2-8-4-3-5-10(12)11(8)9-6-7-9/h2-5,9,12H,1,6-7H2. The lowest BCUT2D eigenvalue weighted by Crippen LogP contribution is -1.85. The van der Waals surface area contributed by atoms with E-state index in [9.17, 15) is 5.11 Å². The first-order valence-corrected chi connectivity index (χ1v) is 4.27. The van der Waals surface area contributed by atoms with Gasteiger partial charge < -0.3 is 5.11 Å². The molecule has 2 rings (SSSR count). The summed E-state index contributed by atoms with van der Waals surface area (Å²) in [5, 5.41) is 9.59. The zero-order valence-corrected chi connectivity index (χ0v) is 6.96. The van der Waals surface area contributed by atoms with Crippen LogP contribution in [0.25, 0.3) is 6.08 Å². The summed E-state index contributed by atoms with van der Waals surface area (Å²) in [5.74, 6) is 1.01. The maximum Gasteiger partial charge on any atom is 0.119 e. The summed E-state index contributed by atoms with van der Waals surface area (Å²) in [6.45, 7) is 3.73. The average molecular weight is 160 g/mol. The van der Waals surface area contributed by atoms with Crippen molar-refractivity contribution in [2.24, 2.45) is 0 Å². The van der Waals surface area contributed by atoms with Gasteiger partial charge in [-0.15, -0.1) is 0 Å². The first-order chi connectivity index (χ1) is 5.83. The average Bonchev–Trinajstić information content (AvgIpc) is 2.87. The highest BCUT2D eigenvalue weighted by Crippen LogP contribution is 2.45. The third-order valence-corrected chi connectivity index (χ3v) is 2.32. The van der Waals surface area contributed by atoms with Crippen molar-refractivity contribution in [1.82, 2.24) is 0 Å². The van der Waals surface area contributed by atoms with E-state index in [-0.39, 0.29) is 0 Å². The molecule has 62 valence electrons. The number of phenols is 1. The molecule has 1 aliphatic carbocycles. The van der Waals surface area contributed by atoms with Gasteiger partial charge in [0, 0.05) is 5.56 Å². The van der Waals surface area contributed by atoms with Crippen molar-refractivity contribution in [3.63, 3.8) is 0 Å². The van der Waals surface area contributed by atoms with E-state index in [4.69, 9.17) is 0 Å². The highest BCUT2D eigenvalue weighted by molar-refractivity contribution is 5.58. The SMILES string of the molecule is C=Cc1cccc(O)c1C1CC1. The highest BCUT2D eigenvalue weighted by atomic mass is 16.3. The number of phenolic OH excluding ortho intramolecular Hbond substituents is 1. The van der Waals surface area contributed by atoms with Crippen LogP contribution in [0.3, 0.4) is 0 Å². The third-order valence-electron chi connectivity index (χ3n) is 2.32. The zero-order valence-electron chi connectivity index (χ0n) is 6.96. The minimum Gasteiger partial charge on any atom is -0.508 e. The second-order valence-electron chi connectivity index (χ2n) is 3.26. The maximum absolute atomic E-state index is 9.59. The van der Waals surface area contributed by atoms with Crippen molar-refractivity contribution in [3.05, 3.63) is 35.9 Å². The first kappa shape index (κ1) is 7.41. The molecule has 0 bridgehead atoms. The zero-order chi connectivity index (χ0) is 8.55. The summed E-state index contributed by atoms with van der Waals surface area (Å²) >= 11 is 0. The molecule has 12 heavy (non-hydrogen) atoms. The van der Waals surface area contributed by atoms with E-state index < -0.39 is 0 Å². The molecular weight excluding hydrogens is 148 g/mol. The lowest BCUT2D eigenvalue weighted by molar-refractivity contribution is 0.468. The van der Waals surface area contributed by atoms with Crippen molar-refractivity contribution < 1.29 is 5.11 Å². The molecule has 1 heteroatoms. The van der Waals surface area contributed by atoms with Crippen LogP contribution in [0.4, 0.5) is 0 Å². The molecule has 0 saturated heterocycles. The maximum atomic E-state index is 9.59. The van der Waals surface area contributed by atoms with Gasteiger partial charge >= 0.3 is 0 Å². The van der Waals surface area contributed by atoms with E-state index in [0.29, 0.717) is 11.7 Å². The van der Waals surface area contributed by atoms with Crippen molar-refractivity contribution in [3.8, 4) is 5.75 Å². The summed E-state index contributed by atoms with van der Waals surface area (Å²) in [7, 11) is 0. The molecule has 0 unspecified atom stereocenters.